The van der Waals surface area contributed by atoms with E-state index in [1.54, 1.807) is 55.6 Å². The lowest BCUT2D eigenvalue weighted by atomic mass is 10.2. The number of halogens is 2. The number of hydrogen-bond donors (Lipinski definition) is 0. The average Bonchev–Trinajstić information content (AvgIpc) is 2.78. The number of aromatic nitrogens is 2. The van der Waals surface area contributed by atoms with Crippen LogP contribution in [0.3, 0.4) is 0 Å². The Balaban J connectivity index is 1.87. The maximum absolute atomic E-state index is 14.3. The van der Waals surface area contributed by atoms with Gasteiger partial charge in [0.25, 0.3) is 5.56 Å². The van der Waals surface area contributed by atoms with E-state index in [-0.39, 0.29) is 11.3 Å². The van der Waals surface area contributed by atoms with Gasteiger partial charge in [-0.1, -0.05) is 41.6 Å². The minimum atomic E-state index is -0.402. The Labute approximate surface area is 187 Å². The Morgan fingerprint density at radius 3 is 2.55 bits per heavy atom. The first kappa shape index (κ1) is 21.2. The molecule has 0 aliphatic carbocycles. The molecule has 31 heavy (non-hydrogen) atoms. The van der Waals surface area contributed by atoms with Crippen molar-refractivity contribution in [1.29, 1.82) is 0 Å². The summed E-state index contributed by atoms with van der Waals surface area (Å²) in [5.74, 6) is 0.832. The van der Waals surface area contributed by atoms with Gasteiger partial charge in [0.1, 0.15) is 5.82 Å². The standard InChI is InChI=1S/C23H18ClFN2O3S/c1-29-20-11-10-14(12-21(20)30-2)27-22(28)15-6-3-4-9-19(15)26-23(27)31-13-16-17(24)7-5-8-18(16)25/h3-12H,13H2,1-2H3. The molecular formula is C23H18ClFN2O3S. The number of para-hydroxylation sites is 1. The van der Waals surface area contributed by atoms with Crippen LogP contribution >= 0.6 is 23.4 Å². The van der Waals surface area contributed by atoms with Crippen LogP contribution in [0.4, 0.5) is 4.39 Å². The summed E-state index contributed by atoms with van der Waals surface area (Å²) in [5.41, 5.74) is 1.24. The molecule has 158 valence electrons. The Kier molecular flexibility index (Phi) is 6.15. The smallest absolute Gasteiger partial charge is 0.266 e. The molecule has 0 saturated heterocycles. The molecular weight excluding hydrogens is 439 g/mol. The van der Waals surface area contributed by atoms with E-state index in [1.165, 1.54) is 29.5 Å². The summed E-state index contributed by atoms with van der Waals surface area (Å²) in [4.78, 5) is 18.1. The third-order valence-corrected chi connectivity index (χ3v) is 6.10. The number of hydrogen-bond acceptors (Lipinski definition) is 5. The quantitative estimate of drug-likeness (QED) is 0.284. The summed E-state index contributed by atoms with van der Waals surface area (Å²) in [6.07, 6.45) is 0. The number of fused-ring (bicyclic) bond motifs is 1. The molecule has 0 aliphatic rings. The SMILES string of the molecule is COc1ccc(-n2c(SCc3c(F)cccc3Cl)nc3ccccc3c2=O)cc1OC. The van der Waals surface area contributed by atoms with Crippen LogP contribution in [0.1, 0.15) is 5.56 Å². The van der Waals surface area contributed by atoms with Gasteiger partial charge in [-0.3, -0.25) is 9.36 Å². The highest BCUT2D eigenvalue weighted by Gasteiger charge is 2.17. The zero-order valence-corrected chi connectivity index (χ0v) is 18.3. The molecule has 8 heteroatoms. The summed E-state index contributed by atoms with van der Waals surface area (Å²) >= 11 is 7.41. The van der Waals surface area contributed by atoms with Crippen molar-refractivity contribution in [3.05, 3.63) is 87.4 Å². The summed E-state index contributed by atoms with van der Waals surface area (Å²) in [6, 6.07) is 16.8. The summed E-state index contributed by atoms with van der Waals surface area (Å²) < 4.78 is 26.5. The molecule has 0 saturated carbocycles. The fourth-order valence-electron chi connectivity index (χ4n) is 3.21. The van der Waals surface area contributed by atoms with Crippen molar-refractivity contribution in [1.82, 2.24) is 9.55 Å². The Morgan fingerprint density at radius 2 is 1.81 bits per heavy atom. The molecule has 1 aromatic heterocycles. The highest BCUT2D eigenvalue weighted by atomic mass is 35.5. The average molecular weight is 457 g/mol. The summed E-state index contributed by atoms with van der Waals surface area (Å²) in [7, 11) is 3.07. The van der Waals surface area contributed by atoms with Crippen molar-refractivity contribution in [2.45, 2.75) is 10.9 Å². The van der Waals surface area contributed by atoms with Crippen molar-refractivity contribution in [3.63, 3.8) is 0 Å². The van der Waals surface area contributed by atoms with Crippen molar-refractivity contribution in [2.75, 3.05) is 14.2 Å². The van der Waals surface area contributed by atoms with Gasteiger partial charge in [0, 0.05) is 22.4 Å². The van der Waals surface area contributed by atoms with E-state index in [0.717, 1.165) is 0 Å². The van der Waals surface area contributed by atoms with Gasteiger partial charge in [0.2, 0.25) is 0 Å². The molecule has 0 N–H and O–H groups in total. The first-order valence-corrected chi connectivity index (χ1v) is 10.7. The maximum Gasteiger partial charge on any atom is 0.266 e. The van der Waals surface area contributed by atoms with Gasteiger partial charge in [0.05, 0.1) is 30.8 Å². The van der Waals surface area contributed by atoms with Crippen LogP contribution < -0.4 is 15.0 Å². The third kappa shape index (κ3) is 4.11. The maximum atomic E-state index is 14.3. The molecule has 0 aliphatic heterocycles. The van der Waals surface area contributed by atoms with E-state index in [0.29, 0.717) is 43.8 Å². The number of ether oxygens (including phenoxy) is 2. The number of thioether (sulfide) groups is 1. The number of benzene rings is 3. The van der Waals surface area contributed by atoms with Crippen molar-refractivity contribution >= 4 is 34.3 Å². The molecule has 0 radical (unpaired) electrons. The molecule has 0 atom stereocenters. The topological polar surface area (TPSA) is 53.4 Å². The van der Waals surface area contributed by atoms with Crippen LogP contribution in [0.5, 0.6) is 11.5 Å². The molecule has 0 amide bonds. The van der Waals surface area contributed by atoms with E-state index in [4.69, 9.17) is 21.1 Å². The van der Waals surface area contributed by atoms with Crippen LogP contribution in [0.2, 0.25) is 5.02 Å². The van der Waals surface area contributed by atoms with Crippen LogP contribution in [0.25, 0.3) is 16.6 Å². The molecule has 1 heterocycles. The Bertz CT molecular complexity index is 1310. The molecule has 5 nitrogen and oxygen atoms in total. The normalized spacial score (nSPS) is 11.0. The minimum Gasteiger partial charge on any atom is -0.493 e. The summed E-state index contributed by atoms with van der Waals surface area (Å²) in [6.45, 7) is 0. The molecule has 0 fully saturated rings. The first-order chi connectivity index (χ1) is 15.0. The second-order valence-corrected chi connectivity index (χ2v) is 7.93. The van der Waals surface area contributed by atoms with Crippen molar-refractivity contribution < 1.29 is 13.9 Å². The molecule has 0 bridgehead atoms. The second kappa shape index (κ2) is 8.99. The minimum absolute atomic E-state index is 0.212. The predicted molar refractivity (Wildman–Crippen MR) is 121 cm³/mol. The van der Waals surface area contributed by atoms with Gasteiger partial charge in [-0.05, 0) is 36.4 Å². The first-order valence-electron chi connectivity index (χ1n) is 9.33. The lowest BCUT2D eigenvalue weighted by Crippen LogP contribution is -2.21. The number of rotatable bonds is 6. The molecule has 0 spiro atoms. The van der Waals surface area contributed by atoms with Gasteiger partial charge < -0.3 is 9.47 Å². The van der Waals surface area contributed by atoms with Gasteiger partial charge in [-0.25, -0.2) is 9.37 Å². The van der Waals surface area contributed by atoms with E-state index >= 15 is 0 Å². The van der Waals surface area contributed by atoms with Crippen LogP contribution in [0.15, 0.2) is 70.6 Å². The van der Waals surface area contributed by atoms with Gasteiger partial charge >= 0.3 is 0 Å². The van der Waals surface area contributed by atoms with Gasteiger partial charge in [0.15, 0.2) is 16.7 Å². The van der Waals surface area contributed by atoms with Crippen LogP contribution in [0, 0.1) is 5.82 Å². The molecule has 4 aromatic rings. The fraction of sp³-hybridized carbons (Fsp3) is 0.130. The molecule has 0 unspecified atom stereocenters. The van der Waals surface area contributed by atoms with E-state index in [1.807, 2.05) is 6.07 Å². The monoisotopic (exact) mass is 456 g/mol. The molecule has 4 rings (SSSR count). The highest BCUT2D eigenvalue weighted by Crippen LogP contribution is 2.32. The van der Waals surface area contributed by atoms with Crippen molar-refractivity contribution in [3.8, 4) is 17.2 Å². The third-order valence-electron chi connectivity index (χ3n) is 4.78. The number of nitrogens with zero attached hydrogens (tertiary/aromatic N) is 2. The molecule has 3 aromatic carbocycles. The van der Waals surface area contributed by atoms with Gasteiger partial charge in [-0.2, -0.15) is 0 Å². The Morgan fingerprint density at radius 1 is 1.03 bits per heavy atom. The largest absolute Gasteiger partial charge is 0.493 e. The van der Waals surface area contributed by atoms with Crippen molar-refractivity contribution in [2.24, 2.45) is 0 Å². The summed E-state index contributed by atoms with van der Waals surface area (Å²) in [5, 5.41) is 1.22. The second-order valence-electron chi connectivity index (χ2n) is 6.58. The lowest BCUT2D eigenvalue weighted by Gasteiger charge is -2.15. The van der Waals surface area contributed by atoms with Crippen LogP contribution in [-0.2, 0) is 5.75 Å². The zero-order valence-electron chi connectivity index (χ0n) is 16.8. The van der Waals surface area contributed by atoms with E-state index in [9.17, 15) is 9.18 Å². The number of methoxy groups -OCH3 is 2. The predicted octanol–water partition coefficient (Wildman–Crippen LogP) is 5.49. The highest BCUT2D eigenvalue weighted by molar-refractivity contribution is 7.98. The lowest BCUT2D eigenvalue weighted by molar-refractivity contribution is 0.354. The van der Waals surface area contributed by atoms with E-state index < -0.39 is 5.82 Å². The van der Waals surface area contributed by atoms with Crippen LogP contribution in [-0.4, -0.2) is 23.8 Å². The zero-order chi connectivity index (χ0) is 22.0. The fourth-order valence-corrected chi connectivity index (χ4v) is 4.56. The van der Waals surface area contributed by atoms with Gasteiger partial charge in [-0.15, -0.1) is 0 Å². The van der Waals surface area contributed by atoms with E-state index in [2.05, 4.69) is 4.98 Å². The Hall–Kier alpha value is -3.03.